The number of para-hydroxylation sites is 1. The molecule has 154 valence electrons. The van der Waals surface area contributed by atoms with Crippen LogP contribution in [0.3, 0.4) is 0 Å². The van der Waals surface area contributed by atoms with Gasteiger partial charge in [-0.3, -0.25) is 14.0 Å². The summed E-state index contributed by atoms with van der Waals surface area (Å²) in [5.74, 6) is -1.21. The smallest absolute Gasteiger partial charge is 0.329 e. The largest absolute Gasteiger partial charge is 0.459 e. The Kier molecular flexibility index (Phi) is 5.37. The van der Waals surface area contributed by atoms with E-state index in [1.54, 1.807) is 19.9 Å². The molecule has 3 heterocycles. The minimum absolute atomic E-state index is 0.110. The number of ether oxygens (including phenoxy) is 1. The molecule has 0 spiro atoms. The van der Waals surface area contributed by atoms with Gasteiger partial charge in [0, 0.05) is 6.07 Å². The Hall–Kier alpha value is -3.46. The minimum atomic E-state index is -0.864. The first-order chi connectivity index (χ1) is 14.4. The van der Waals surface area contributed by atoms with Crippen molar-refractivity contribution in [2.45, 2.75) is 26.5 Å². The number of rotatable bonds is 6. The van der Waals surface area contributed by atoms with Crippen LogP contribution in [-0.2, 0) is 16.1 Å². The summed E-state index contributed by atoms with van der Waals surface area (Å²) in [7, 11) is 0. The molecular formula is C21H19N3O5S. The fourth-order valence-electron chi connectivity index (χ4n) is 3.05. The third-order valence-corrected chi connectivity index (χ3v) is 5.58. The molecular weight excluding hydrogens is 406 g/mol. The molecule has 1 N–H and O–H groups in total. The lowest BCUT2D eigenvalue weighted by Crippen LogP contribution is -2.45. The van der Waals surface area contributed by atoms with Gasteiger partial charge in [0.05, 0.1) is 22.2 Å². The highest BCUT2D eigenvalue weighted by Crippen LogP contribution is 2.23. The van der Waals surface area contributed by atoms with E-state index >= 15 is 0 Å². The van der Waals surface area contributed by atoms with Crippen molar-refractivity contribution in [1.82, 2.24) is 14.7 Å². The third kappa shape index (κ3) is 3.84. The van der Waals surface area contributed by atoms with Crippen molar-refractivity contribution in [2.24, 2.45) is 5.92 Å². The molecule has 4 aromatic rings. The van der Waals surface area contributed by atoms with Gasteiger partial charge in [0.15, 0.2) is 10.7 Å². The predicted molar refractivity (Wildman–Crippen MR) is 111 cm³/mol. The van der Waals surface area contributed by atoms with Crippen molar-refractivity contribution in [3.63, 3.8) is 0 Å². The van der Waals surface area contributed by atoms with E-state index in [1.165, 1.54) is 34.1 Å². The summed E-state index contributed by atoms with van der Waals surface area (Å²) in [4.78, 5) is 42.3. The molecule has 0 aliphatic carbocycles. The number of hydrogen-bond acceptors (Lipinski definition) is 7. The highest BCUT2D eigenvalue weighted by molar-refractivity contribution is 7.23. The van der Waals surface area contributed by atoms with Crippen LogP contribution in [0.15, 0.2) is 57.9 Å². The molecule has 0 fully saturated rings. The van der Waals surface area contributed by atoms with Crippen molar-refractivity contribution in [2.75, 3.05) is 0 Å². The monoisotopic (exact) mass is 425 g/mol. The second kappa shape index (κ2) is 8.11. The molecule has 4 rings (SSSR count). The first kappa shape index (κ1) is 19.8. The number of esters is 1. The van der Waals surface area contributed by atoms with Gasteiger partial charge in [-0.05, 0) is 30.2 Å². The first-order valence-electron chi connectivity index (χ1n) is 9.35. The summed E-state index contributed by atoms with van der Waals surface area (Å²) >= 11 is 1.39. The van der Waals surface area contributed by atoms with Crippen LogP contribution in [-0.4, -0.2) is 27.3 Å². The normalized spacial score (nSPS) is 12.4. The number of furan rings is 1. The number of fused-ring (bicyclic) bond motifs is 3. The highest BCUT2D eigenvalue weighted by Gasteiger charge is 2.27. The minimum Gasteiger partial charge on any atom is -0.459 e. The third-order valence-electron chi connectivity index (χ3n) is 4.56. The molecule has 0 saturated heterocycles. The van der Waals surface area contributed by atoms with E-state index < -0.39 is 17.9 Å². The zero-order chi connectivity index (χ0) is 21.3. The van der Waals surface area contributed by atoms with Crippen LogP contribution in [0.25, 0.3) is 15.2 Å². The molecule has 3 aromatic heterocycles. The molecule has 30 heavy (non-hydrogen) atoms. The predicted octanol–water partition coefficient (Wildman–Crippen LogP) is 3.00. The summed E-state index contributed by atoms with van der Waals surface area (Å²) in [5, 5.41) is 2.62. The summed E-state index contributed by atoms with van der Waals surface area (Å²) in [6.07, 6.45) is 1.38. The Labute approximate surface area is 175 Å². The average molecular weight is 425 g/mol. The maximum absolute atomic E-state index is 12.6. The van der Waals surface area contributed by atoms with E-state index in [9.17, 15) is 14.4 Å². The molecule has 0 bridgehead atoms. The van der Waals surface area contributed by atoms with Crippen LogP contribution in [0.5, 0.6) is 0 Å². The van der Waals surface area contributed by atoms with E-state index in [4.69, 9.17) is 9.15 Å². The van der Waals surface area contributed by atoms with Gasteiger partial charge in [0.25, 0.3) is 11.5 Å². The first-order valence-corrected chi connectivity index (χ1v) is 10.2. The van der Waals surface area contributed by atoms with Crippen LogP contribution in [0, 0.1) is 5.92 Å². The summed E-state index contributed by atoms with van der Waals surface area (Å²) in [6, 6.07) is 11.1. The van der Waals surface area contributed by atoms with E-state index in [2.05, 4.69) is 10.3 Å². The number of amides is 1. The van der Waals surface area contributed by atoms with E-state index in [-0.39, 0.29) is 23.8 Å². The van der Waals surface area contributed by atoms with E-state index in [0.29, 0.717) is 10.7 Å². The van der Waals surface area contributed by atoms with Crippen LogP contribution in [0.4, 0.5) is 0 Å². The fraction of sp³-hybridized carbons (Fsp3) is 0.238. The van der Waals surface area contributed by atoms with Gasteiger partial charge < -0.3 is 14.5 Å². The van der Waals surface area contributed by atoms with Gasteiger partial charge in [-0.1, -0.05) is 37.3 Å². The van der Waals surface area contributed by atoms with Crippen LogP contribution in [0.2, 0.25) is 0 Å². The maximum Gasteiger partial charge on any atom is 0.329 e. The van der Waals surface area contributed by atoms with Gasteiger partial charge in [-0.25, -0.2) is 9.78 Å². The molecule has 0 radical (unpaired) electrons. The Morgan fingerprint density at radius 2 is 2.03 bits per heavy atom. The lowest BCUT2D eigenvalue weighted by atomic mass is 10.0. The number of carbonyl (C=O) groups is 2. The quantitative estimate of drug-likeness (QED) is 0.477. The number of hydrogen-bond donors (Lipinski definition) is 1. The maximum atomic E-state index is 12.6. The number of thiazole rings is 1. The zero-order valence-corrected chi connectivity index (χ0v) is 17.1. The van der Waals surface area contributed by atoms with Crippen molar-refractivity contribution >= 4 is 38.4 Å². The van der Waals surface area contributed by atoms with Gasteiger partial charge in [0.1, 0.15) is 12.6 Å². The number of nitrogens with zero attached hydrogens (tertiary/aromatic N) is 2. The van der Waals surface area contributed by atoms with Gasteiger partial charge >= 0.3 is 5.97 Å². The summed E-state index contributed by atoms with van der Waals surface area (Å²) < 4.78 is 12.9. The topological polar surface area (TPSA) is 103 Å². The number of aromatic nitrogens is 2. The Bertz CT molecular complexity index is 1270. The fourth-order valence-corrected chi connectivity index (χ4v) is 4.10. The number of nitrogens with one attached hydrogen (secondary N) is 1. The zero-order valence-electron chi connectivity index (χ0n) is 16.3. The van der Waals surface area contributed by atoms with Gasteiger partial charge in [-0.15, -0.1) is 0 Å². The van der Waals surface area contributed by atoms with Crippen molar-refractivity contribution in [1.29, 1.82) is 0 Å². The van der Waals surface area contributed by atoms with Crippen LogP contribution in [0.1, 0.15) is 30.1 Å². The SMILES string of the molecule is CC(C)[C@@H](NC(=O)c1ccco1)C(=O)OCc1cc(=O)n2c(n1)sc1ccccc12. The van der Waals surface area contributed by atoms with Crippen molar-refractivity contribution < 1.29 is 18.7 Å². The molecule has 1 atom stereocenters. The Morgan fingerprint density at radius 1 is 1.23 bits per heavy atom. The van der Waals surface area contributed by atoms with Gasteiger partial charge in [0.2, 0.25) is 0 Å². The number of carbonyl (C=O) groups excluding carboxylic acids is 2. The molecule has 0 aliphatic rings. The second-order valence-electron chi connectivity index (χ2n) is 7.05. The molecule has 1 amide bonds. The van der Waals surface area contributed by atoms with E-state index in [0.717, 1.165) is 10.2 Å². The molecule has 1 aromatic carbocycles. The molecule has 8 nitrogen and oxygen atoms in total. The lowest BCUT2D eigenvalue weighted by molar-refractivity contribution is -0.148. The van der Waals surface area contributed by atoms with Crippen LogP contribution >= 0.6 is 11.3 Å². The van der Waals surface area contributed by atoms with Gasteiger partial charge in [-0.2, -0.15) is 0 Å². The summed E-state index contributed by atoms with van der Waals surface area (Å²) in [6.45, 7) is 3.42. The van der Waals surface area contributed by atoms with Crippen LogP contribution < -0.4 is 10.9 Å². The van der Waals surface area contributed by atoms with E-state index in [1.807, 2.05) is 24.3 Å². The standard InChI is InChI=1S/C21H19N3O5S/c1-12(2)18(23-19(26)15-7-5-9-28-15)20(27)29-11-13-10-17(25)24-14-6-3-4-8-16(14)30-21(24)22-13/h3-10,12,18H,11H2,1-2H3,(H,23,26)/t18-/m1/s1. The summed E-state index contributed by atoms with van der Waals surface area (Å²) in [5.41, 5.74) is 0.897. The lowest BCUT2D eigenvalue weighted by Gasteiger charge is -2.20. The Morgan fingerprint density at radius 3 is 2.77 bits per heavy atom. The molecule has 9 heteroatoms. The molecule has 0 unspecified atom stereocenters. The van der Waals surface area contributed by atoms with Crippen molar-refractivity contribution in [3.8, 4) is 0 Å². The second-order valence-corrected chi connectivity index (χ2v) is 8.06. The highest BCUT2D eigenvalue weighted by atomic mass is 32.1. The van der Waals surface area contributed by atoms with Crippen molar-refractivity contribution in [3.05, 3.63) is 70.5 Å². The number of benzene rings is 1. The molecule has 0 aliphatic heterocycles. The molecule has 0 saturated carbocycles. The Balaban J connectivity index is 1.50. The average Bonchev–Trinajstić information content (AvgIpc) is 3.37.